The van der Waals surface area contributed by atoms with E-state index in [1.165, 1.54) is 0 Å². The lowest BCUT2D eigenvalue weighted by atomic mass is 9.52. The number of hydrogen-bond donors (Lipinski definition) is 1. The van der Waals surface area contributed by atoms with Gasteiger partial charge in [0.25, 0.3) is 0 Å². The van der Waals surface area contributed by atoms with Crippen molar-refractivity contribution in [1.29, 1.82) is 0 Å². The van der Waals surface area contributed by atoms with Crippen molar-refractivity contribution in [2.45, 2.75) is 10.8 Å². The Morgan fingerprint density at radius 1 is 0.246 bits per heavy atom. The molecule has 1 heterocycles. The Bertz CT molecular complexity index is 6820. The SMILES string of the molecule is OCCOCCN1CC23c4c5c6c7c8c9c(c%10c%11c2c2c%12c4c4c%13c5c5c7c7c8c8c%14c9c%10c9c%10c%11c2c2c%11c%12c4c4c%12c%13c5c5c7c7c8c8c%14c9c9c%10c2c2c%11c4c4c%12c5c7c5c8c9c2c45)C63C1. The van der Waals surface area contributed by atoms with Gasteiger partial charge in [-0.15, -0.1) is 0 Å². The molecule has 1 aliphatic heterocycles. The summed E-state index contributed by atoms with van der Waals surface area (Å²) in [4.78, 5) is 2.90. The molecule has 0 radical (unpaired) electrons. The predicted octanol–water partition coefficient (Wildman–Crippen LogP) is 15.6. The maximum absolute atomic E-state index is 9.92. The standard InChI is InChI=1S/C66H13NO2/c68-2-4-69-3-1-67-5-65-61-54-47-35-27-18-9-7-8-10-13(9)22-29(27)37-38-30(22)28-19(10)21-17-12(8)15-14-11(7)16-20(18)33(35)41-39-25(16)23(14)31-32-24(15)26(17)40-42-34(21)36(28)48-50(38)59(58(61)49(37)47)62-55(48)53(42)57-46(40)44(32)51-43(31)45(39)56(52(41)54)63(65)60(51)64(57)66(62,65)6-67/h68H,1-6H2. The normalized spacial score (nSPS) is 23.1. The summed E-state index contributed by atoms with van der Waals surface area (Å²) in [5.41, 5.74) is 6.62. The predicted molar refractivity (Wildman–Crippen MR) is 288 cm³/mol. The molecule has 2 atom stereocenters. The van der Waals surface area contributed by atoms with Crippen LogP contribution in [0.5, 0.6) is 0 Å². The first kappa shape index (κ1) is 26.2. The molecular weight excluding hydrogens is 839 g/mol. The Morgan fingerprint density at radius 2 is 0.420 bits per heavy atom. The lowest BCUT2D eigenvalue weighted by molar-refractivity contribution is 0.0770. The number of hydrogen-bond acceptors (Lipinski definition) is 3. The molecule has 2 unspecified atom stereocenters. The average molecular weight is 852 g/mol. The molecule has 28 aromatic rings. The first-order chi connectivity index (χ1) is 34.4. The molecule has 1 N–H and O–H groups in total. The van der Waals surface area contributed by atoms with Gasteiger partial charge in [0.2, 0.25) is 0 Å². The third-order valence-electron chi connectivity index (χ3n) is 25.4. The summed E-state index contributed by atoms with van der Waals surface area (Å²) in [6, 6.07) is 0. The Hall–Kier alpha value is -7.66. The third-order valence-corrected chi connectivity index (χ3v) is 25.4. The smallest absolute Gasteiger partial charge is 0.0698 e. The highest BCUT2D eigenvalue weighted by Gasteiger charge is 2.73. The molecule has 1 fully saturated rings. The van der Waals surface area contributed by atoms with Crippen LogP contribution in [0.15, 0.2) is 0 Å². The molecule has 33 rings (SSSR count). The van der Waals surface area contributed by atoms with Crippen molar-refractivity contribution in [3.63, 3.8) is 0 Å². The highest BCUT2D eigenvalue weighted by molar-refractivity contribution is 6.82. The lowest BCUT2D eigenvalue weighted by Gasteiger charge is -2.48. The topological polar surface area (TPSA) is 32.7 Å². The second kappa shape index (κ2) is 5.99. The zero-order valence-electron chi connectivity index (χ0n) is 35.5. The van der Waals surface area contributed by atoms with Gasteiger partial charge in [-0.05, 0) is 313 Å². The fourth-order valence-corrected chi connectivity index (χ4v) is 25.4. The van der Waals surface area contributed by atoms with Crippen LogP contribution in [0.2, 0.25) is 0 Å². The number of aliphatic hydroxyl groups excluding tert-OH is 1. The van der Waals surface area contributed by atoms with Crippen molar-refractivity contribution >= 4 is 291 Å². The molecule has 3 heteroatoms. The summed E-state index contributed by atoms with van der Waals surface area (Å²) in [5.74, 6) is 0. The van der Waals surface area contributed by atoms with Gasteiger partial charge in [0.05, 0.1) is 30.7 Å². The monoisotopic (exact) mass is 851 g/mol. The molecule has 28 aromatic carbocycles. The molecule has 0 amide bonds. The van der Waals surface area contributed by atoms with E-state index in [9.17, 15) is 5.11 Å². The number of ether oxygens (including phenoxy) is 1. The van der Waals surface area contributed by atoms with E-state index in [1.807, 2.05) is 0 Å². The van der Waals surface area contributed by atoms with Crippen molar-refractivity contribution in [2.75, 3.05) is 39.5 Å². The van der Waals surface area contributed by atoms with Crippen LogP contribution in [-0.2, 0) is 15.6 Å². The summed E-state index contributed by atoms with van der Waals surface area (Å²) in [5, 5.41) is 99.8. The third kappa shape index (κ3) is 1.41. The molecule has 5 aliphatic rings. The molecule has 69 heavy (non-hydrogen) atoms. The molecule has 3 nitrogen and oxygen atoms in total. The minimum Gasteiger partial charge on any atom is -0.394 e. The number of benzene rings is 17. The Kier molecular flexibility index (Phi) is 2.27. The van der Waals surface area contributed by atoms with E-state index >= 15 is 0 Å². The summed E-state index contributed by atoms with van der Waals surface area (Å²) in [6.07, 6.45) is 0. The van der Waals surface area contributed by atoms with Gasteiger partial charge in [0.1, 0.15) is 0 Å². The van der Waals surface area contributed by atoms with Crippen LogP contribution < -0.4 is 0 Å². The van der Waals surface area contributed by atoms with Crippen molar-refractivity contribution in [1.82, 2.24) is 4.90 Å². The number of nitrogens with zero attached hydrogens (tertiary/aromatic N) is 1. The Balaban J connectivity index is 1.15. The van der Waals surface area contributed by atoms with Crippen LogP contribution in [0.1, 0.15) is 22.3 Å². The summed E-state index contributed by atoms with van der Waals surface area (Å²) in [6.45, 7) is 4.11. The largest absolute Gasteiger partial charge is 0.394 e. The van der Waals surface area contributed by atoms with Crippen molar-refractivity contribution < 1.29 is 9.84 Å². The van der Waals surface area contributed by atoms with E-state index in [-0.39, 0.29) is 17.4 Å². The summed E-state index contributed by atoms with van der Waals surface area (Å²) >= 11 is 0. The van der Waals surface area contributed by atoms with Crippen LogP contribution >= 0.6 is 0 Å². The molecule has 0 aromatic heterocycles. The maximum Gasteiger partial charge on any atom is 0.0698 e. The highest BCUT2D eigenvalue weighted by Crippen LogP contribution is 2.85. The summed E-state index contributed by atoms with van der Waals surface area (Å²) < 4.78 is 6.26. The first-order valence-electron chi connectivity index (χ1n) is 26.0. The lowest BCUT2D eigenvalue weighted by Crippen LogP contribution is -2.49. The second-order valence-electron chi connectivity index (χ2n) is 25.6. The van der Waals surface area contributed by atoms with Gasteiger partial charge in [-0.25, -0.2) is 0 Å². The molecule has 294 valence electrons. The molecule has 0 bridgehead atoms. The van der Waals surface area contributed by atoms with E-state index in [2.05, 4.69) is 4.90 Å². The van der Waals surface area contributed by atoms with Gasteiger partial charge in [0, 0.05) is 19.6 Å². The van der Waals surface area contributed by atoms with Crippen LogP contribution in [0.25, 0.3) is 291 Å². The summed E-state index contributed by atoms with van der Waals surface area (Å²) in [7, 11) is 0. The van der Waals surface area contributed by atoms with Crippen molar-refractivity contribution in [3.05, 3.63) is 22.3 Å². The minimum atomic E-state index is -0.213. The number of rotatable bonds is 5. The Morgan fingerprint density at radius 3 is 0.652 bits per heavy atom. The van der Waals surface area contributed by atoms with E-state index in [0.29, 0.717) is 13.2 Å². The number of aliphatic hydroxyl groups is 1. The molecule has 2 spiro atoms. The van der Waals surface area contributed by atoms with E-state index in [1.54, 1.807) is 313 Å². The van der Waals surface area contributed by atoms with Gasteiger partial charge < -0.3 is 9.84 Å². The molecule has 1 saturated heterocycles. The quantitative estimate of drug-likeness (QED) is 0.138. The van der Waals surface area contributed by atoms with Crippen LogP contribution in [-0.4, -0.2) is 49.5 Å². The zero-order chi connectivity index (χ0) is 41.0. The van der Waals surface area contributed by atoms with E-state index in [4.69, 9.17) is 4.74 Å². The van der Waals surface area contributed by atoms with Gasteiger partial charge in [-0.1, -0.05) is 0 Å². The maximum atomic E-state index is 9.92. The molecular formula is C66H13NO2. The Labute approximate surface area is 376 Å². The molecule has 0 saturated carbocycles. The van der Waals surface area contributed by atoms with Crippen LogP contribution in [0.4, 0.5) is 0 Å². The van der Waals surface area contributed by atoms with Crippen LogP contribution in [0, 0.1) is 0 Å². The molecule has 4 aliphatic carbocycles. The number of likely N-dealkylation sites (tertiary alicyclic amines) is 1. The first-order valence-corrected chi connectivity index (χ1v) is 26.0. The average Bonchev–Trinajstić information content (AvgIpc) is 4.24. The van der Waals surface area contributed by atoms with Crippen molar-refractivity contribution in [2.24, 2.45) is 0 Å². The van der Waals surface area contributed by atoms with Gasteiger partial charge in [-0.2, -0.15) is 0 Å². The minimum absolute atomic E-state index is 0.0788. The fourth-order valence-electron chi connectivity index (χ4n) is 25.4. The highest BCUT2D eigenvalue weighted by atomic mass is 16.5. The zero-order valence-corrected chi connectivity index (χ0v) is 35.5. The fraction of sp³-hybridized carbons (Fsp3) is 0.121. The van der Waals surface area contributed by atoms with Crippen molar-refractivity contribution in [3.8, 4) is 0 Å². The van der Waals surface area contributed by atoms with E-state index < -0.39 is 0 Å². The second-order valence-corrected chi connectivity index (χ2v) is 25.6. The van der Waals surface area contributed by atoms with Crippen LogP contribution in [0.3, 0.4) is 0 Å². The van der Waals surface area contributed by atoms with Gasteiger partial charge >= 0.3 is 0 Å². The van der Waals surface area contributed by atoms with Gasteiger partial charge in [0.15, 0.2) is 0 Å². The van der Waals surface area contributed by atoms with Gasteiger partial charge in [-0.3, -0.25) is 4.90 Å². The van der Waals surface area contributed by atoms with E-state index in [0.717, 1.165) is 19.6 Å².